The number of primary amides is 1. The third-order valence-electron chi connectivity index (χ3n) is 5.77. The topological polar surface area (TPSA) is 146 Å². The number of benzene rings is 1. The molecule has 0 radical (unpaired) electrons. The third kappa shape index (κ3) is 3.89. The second-order valence-electron chi connectivity index (χ2n) is 7.65. The number of nitriles is 1. The molecule has 2 fully saturated rings. The van der Waals surface area contributed by atoms with Gasteiger partial charge in [0.2, 0.25) is 0 Å². The van der Waals surface area contributed by atoms with Crippen molar-refractivity contribution in [1.29, 1.82) is 5.26 Å². The lowest BCUT2D eigenvalue weighted by atomic mass is 9.79. The molecule has 2 aromatic rings. The maximum atomic E-state index is 13.2. The first-order chi connectivity index (χ1) is 14.9. The number of nitrogens with zero attached hydrogens (tertiary/aromatic N) is 4. The Morgan fingerprint density at radius 2 is 2.00 bits per heavy atom. The van der Waals surface area contributed by atoms with Gasteiger partial charge in [-0.25, -0.2) is 9.18 Å². The first-order valence-corrected chi connectivity index (χ1v) is 9.77. The Hall–Kier alpha value is -3.65. The largest absolute Gasteiger partial charge is 0.465 e. The van der Waals surface area contributed by atoms with Crippen LogP contribution >= 0.6 is 0 Å². The summed E-state index contributed by atoms with van der Waals surface area (Å²) < 4.78 is 19.9. The second-order valence-corrected chi connectivity index (χ2v) is 7.65. The van der Waals surface area contributed by atoms with Crippen molar-refractivity contribution < 1.29 is 23.8 Å². The van der Waals surface area contributed by atoms with E-state index in [1.54, 1.807) is 0 Å². The van der Waals surface area contributed by atoms with Gasteiger partial charge in [-0.2, -0.15) is 10.4 Å². The number of carboxylic acid groups (broad SMARTS) is 1. The Balaban J connectivity index is 1.74. The molecule has 0 bridgehead atoms. The number of anilines is 2. The van der Waals surface area contributed by atoms with E-state index in [-0.39, 0.29) is 23.8 Å². The minimum Gasteiger partial charge on any atom is -0.465 e. The Morgan fingerprint density at radius 1 is 1.29 bits per heavy atom. The van der Waals surface area contributed by atoms with Gasteiger partial charge in [0.15, 0.2) is 5.82 Å². The van der Waals surface area contributed by atoms with Gasteiger partial charge in [-0.3, -0.25) is 9.48 Å². The lowest BCUT2D eigenvalue weighted by Gasteiger charge is -2.48. The van der Waals surface area contributed by atoms with Gasteiger partial charge in [0.1, 0.15) is 11.4 Å². The van der Waals surface area contributed by atoms with Crippen LogP contribution < -0.4 is 11.1 Å². The zero-order valence-corrected chi connectivity index (χ0v) is 16.4. The van der Waals surface area contributed by atoms with Crippen LogP contribution in [0.2, 0.25) is 0 Å². The smallest absolute Gasteiger partial charge is 0.407 e. The van der Waals surface area contributed by atoms with Gasteiger partial charge < -0.3 is 25.8 Å². The van der Waals surface area contributed by atoms with Crippen LogP contribution in [0.15, 0.2) is 30.5 Å². The van der Waals surface area contributed by atoms with Crippen molar-refractivity contribution in [3.8, 4) is 6.07 Å². The van der Waals surface area contributed by atoms with Crippen molar-refractivity contribution in [3.63, 3.8) is 0 Å². The fraction of sp³-hybridized carbons (Fsp3) is 0.400. The van der Waals surface area contributed by atoms with E-state index in [4.69, 9.17) is 10.5 Å². The molecular weight excluding hydrogens is 407 g/mol. The molecule has 162 valence electrons. The van der Waals surface area contributed by atoms with Crippen LogP contribution in [0.1, 0.15) is 22.8 Å². The van der Waals surface area contributed by atoms with Crippen molar-refractivity contribution in [3.05, 3.63) is 41.8 Å². The van der Waals surface area contributed by atoms with Gasteiger partial charge in [0.25, 0.3) is 5.91 Å². The summed E-state index contributed by atoms with van der Waals surface area (Å²) in [5.41, 5.74) is 6.10. The summed E-state index contributed by atoms with van der Waals surface area (Å²) >= 11 is 0. The molecule has 10 nitrogen and oxygen atoms in total. The molecule has 0 aliphatic carbocycles. The second kappa shape index (κ2) is 8.23. The van der Waals surface area contributed by atoms with Crippen molar-refractivity contribution in [1.82, 2.24) is 14.7 Å². The summed E-state index contributed by atoms with van der Waals surface area (Å²) in [4.78, 5) is 25.3. The number of nitrogens with one attached hydrogen (secondary N) is 1. The van der Waals surface area contributed by atoms with Crippen LogP contribution in [0.5, 0.6) is 0 Å². The van der Waals surface area contributed by atoms with Crippen molar-refractivity contribution in [2.75, 3.05) is 25.1 Å². The van der Waals surface area contributed by atoms with Crippen molar-refractivity contribution in [2.24, 2.45) is 17.6 Å². The molecule has 3 atom stereocenters. The lowest BCUT2D eigenvalue weighted by Crippen LogP contribution is -2.59. The van der Waals surface area contributed by atoms with Gasteiger partial charge in [0, 0.05) is 24.3 Å². The van der Waals surface area contributed by atoms with Crippen LogP contribution in [0.4, 0.5) is 20.7 Å². The molecule has 0 saturated carbocycles. The van der Waals surface area contributed by atoms with Crippen molar-refractivity contribution in [2.45, 2.75) is 18.5 Å². The minimum absolute atomic E-state index is 0.0806. The molecule has 11 heteroatoms. The number of hydrogen-bond acceptors (Lipinski definition) is 6. The van der Waals surface area contributed by atoms with Crippen LogP contribution in [0.25, 0.3) is 0 Å². The summed E-state index contributed by atoms with van der Waals surface area (Å²) in [5, 5.41) is 26.9. The van der Waals surface area contributed by atoms with Gasteiger partial charge in [-0.15, -0.1) is 0 Å². The van der Waals surface area contributed by atoms with Gasteiger partial charge in [-0.1, -0.05) is 0 Å². The number of halogens is 1. The van der Waals surface area contributed by atoms with E-state index >= 15 is 0 Å². The Labute approximate surface area is 177 Å². The monoisotopic (exact) mass is 428 g/mol. The standard InChI is InChI=1S/C20H21FN6O4/c21-13-1-3-14(4-2-13)24-19-15(18(23)28)8-27(25-19)17-11(7-22)5-6-26(20(29)30)16(17)12-9-31-10-12/h1-4,8,11-12,16-17H,5-6,9-10H2,(H2,23,28)(H,24,25)(H,29,30)/t11-,16?,17-/m1/s1. The van der Waals surface area contributed by atoms with Gasteiger partial charge in [0.05, 0.1) is 37.3 Å². The van der Waals surface area contributed by atoms with E-state index in [0.29, 0.717) is 25.3 Å². The SMILES string of the molecule is N#C[C@H]1CCN(C(=O)O)C(C2COC2)[C@@H]1n1cc(C(N)=O)c(Nc2ccc(F)cc2)n1. The summed E-state index contributed by atoms with van der Waals surface area (Å²) in [6, 6.07) is 6.59. The van der Waals surface area contributed by atoms with E-state index in [1.807, 2.05) is 0 Å². The van der Waals surface area contributed by atoms with E-state index in [1.165, 1.54) is 40.0 Å². The molecule has 4 rings (SSSR count). The lowest BCUT2D eigenvalue weighted by molar-refractivity contribution is -0.0955. The zero-order valence-electron chi connectivity index (χ0n) is 16.4. The van der Waals surface area contributed by atoms with Gasteiger partial charge >= 0.3 is 6.09 Å². The van der Waals surface area contributed by atoms with Crippen LogP contribution in [0.3, 0.4) is 0 Å². The van der Waals surface area contributed by atoms with Crippen LogP contribution in [-0.4, -0.2) is 57.6 Å². The first-order valence-electron chi connectivity index (χ1n) is 9.77. The molecule has 2 aliphatic rings. The number of hydrogen-bond donors (Lipinski definition) is 3. The van der Waals surface area contributed by atoms with Crippen molar-refractivity contribution >= 4 is 23.5 Å². The van der Waals surface area contributed by atoms with E-state index in [9.17, 15) is 24.3 Å². The van der Waals surface area contributed by atoms with E-state index in [0.717, 1.165) is 0 Å². The molecule has 4 N–H and O–H groups in total. The highest BCUT2D eigenvalue weighted by molar-refractivity contribution is 5.98. The summed E-state index contributed by atoms with van der Waals surface area (Å²) in [6.45, 7) is 0.997. The predicted octanol–water partition coefficient (Wildman–Crippen LogP) is 1.94. The molecule has 2 aliphatic heterocycles. The highest BCUT2D eigenvalue weighted by atomic mass is 19.1. The van der Waals surface area contributed by atoms with E-state index in [2.05, 4.69) is 16.5 Å². The number of nitrogens with two attached hydrogens (primary N) is 1. The normalized spacial score (nSPS) is 23.6. The minimum atomic E-state index is -1.08. The Bertz CT molecular complexity index is 1030. The molecule has 2 amide bonds. The highest BCUT2D eigenvalue weighted by Crippen LogP contribution is 2.39. The third-order valence-corrected chi connectivity index (χ3v) is 5.77. The number of ether oxygens (including phenoxy) is 1. The quantitative estimate of drug-likeness (QED) is 0.659. The summed E-state index contributed by atoms with van der Waals surface area (Å²) in [5.74, 6) is -1.61. The average molecular weight is 428 g/mol. The molecule has 1 unspecified atom stereocenters. The Morgan fingerprint density at radius 3 is 2.55 bits per heavy atom. The fourth-order valence-electron chi connectivity index (χ4n) is 4.20. The number of carbonyl (C=O) groups excluding carboxylic acids is 1. The summed E-state index contributed by atoms with van der Waals surface area (Å²) in [6.07, 6.45) is 0.690. The van der Waals surface area contributed by atoms with E-state index < -0.39 is 35.8 Å². The number of aromatic nitrogens is 2. The molecule has 31 heavy (non-hydrogen) atoms. The number of carbonyl (C=O) groups is 2. The molecule has 3 heterocycles. The molecule has 0 spiro atoms. The zero-order chi connectivity index (χ0) is 22.1. The van der Waals surface area contributed by atoms with Crippen LogP contribution in [-0.2, 0) is 4.74 Å². The average Bonchev–Trinajstić information content (AvgIpc) is 3.11. The number of piperidine rings is 1. The molecule has 1 aromatic heterocycles. The number of rotatable bonds is 5. The summed E-state index contributed by atoms with van der Waals surface area (Å²) in [7, 11) is 0. The maximum Gasteiger partial charge on any atom is 0.407 e. The predicted molar refractivity (Wildman–Crippen MR) is 106 cm³/mol. The fourth-order valence-corrected chi connectivity index (χ4v) is 4.20. The van der Waals surface area contributed by atoms with Crippen LogP contribution in [0, 0.1) is 29.0 Å². The number of amides is 2. The highest BCUT2D eigenvalue weighted by Gasteiger charge is 2.48. The first kappa shape index (κ1) is 20.6. The number of likely N-dealkylation sites (tertiary alicyclic amines) is 1. The molecular formula is C20H21FN6O4. The molecule has 2 saturated heterocycles. The molecule has 1 aromatic carbocycles. The Kier molecular flexibility index (Phi) is 5.48. The maximum absolute atomic E-state index is 13.2. The van der Waals surface area contributed by atoms with Gasteiger partial charge in [-0.05, 0) is 30.7 Å².